The summed E-state index contributed by atoms with van der Waals surface area (Å²) in [6.45, 7) is 0. The summed E-state index contributed by atoms with van der Waals surface area (Å²) in [6, 6.07) is 3.26. The monoisotopic (exact) mass is 251 g/mol. The zero-order valence-electron chi connectivity index (χ0n) is 5.35. The number of pyridine rings is 1. The van der Waals surface area contributed by atoms with Gasteiger partial charge in [-0.2, -0.15) is 0 Å². The Morgan fingerprint density at radius 1 is 1.60 bits per heavy atom. The van der Waals surface area contributed by atoms with Crippen molar-refractivity contribution in [3.63, 3.8) is 0 Å². The Hall–Kier alpha value is -0.520. The summed E-state index contributed by atoms with van der Waals surface area (Å²) in [7, 11) is 1.52. The molecule has 0 spiro atoms. The second kappa shape index (κ2) is 3.05. The van der Waals surface area contributed by atoms with Crippen LogP contribution >= 0.6 is 22.6 Å². The van der Waals surface area contributed by atoms with Crippen molar-refractivity contribution >= 4 is 22.6 Å². The number of H-pyrrole nitrogens is 1. The molecule has 0 aromatic carbocycles. The molecule has 1 N–H and O–H groups in total. The highest BCUT2D eigenvalue weighted by molar-refractivity contribution is 14.1. The number of rotatable bonds is 1. The summed E-state index contributed by atoms with van der Waals surface area (Å²) in [5, 5.41) is 0. The molecule has 10 heavy (non-hydrogen) atoms. The number of aromatic amines is 1. The van der Waals surface area contributed by atoms with Gasteiger partial charge in [-0.15, -0.1) is 0 Å². The van der Waals surface area contributed by atoms with Gasteiger partial charge in [0.15, 0.2) is 5.88 Å². The van der Waals surface area contributed by atoms with E-state index in [9.17, 15) is 4.79 Å². The predicted octanol–water partition coefficient (Wildman–Crippen LogP) is 0.988. The number of nitrogens with one attached hydrogen (secondary N) is 1. The number of halogens is 1. The maximum Gasteiger partial charge on any atom is 0.251 e. The van der Waals surface area contributed by atoms with Crippen LogP contribution in [-0.4, -0.2) is 12.1 Å². The van der Waals surface area contributed by atoms with Gasteiger partial charge in [-0.25, -0.2) is 0 Å². The third-order valence-electron chi connectivity index (χ3n) is 1.00. The molecule has 0 amide bonds. The van der Waals surface area contributed by atoms with E-state index in [1.54, 1.807) is 6.07 Å². The fourth-order valence-corrected chi connectivity index (χ4v) is 1.16. The molecule has 0 fully saturated rings. The van der Waals surface area contributed by atoms with Crippen molar-refractivity contribution in [2.24, 2.45) is 0 Å². The van der Waals surface area contributed by atoms with Crippen LogP contribution < -0.4 is 10.3 Å². The Kier molecular flexibility index (Phi) is 2.31. The number of aromatic nitrogens is 1. The summed E-state index contributed by atoms with van der Waals surface area (Å²) in [4.78, 5) is 13.2. The summed E-state index contributed by atoms with van der Waals surface area (Å²) in [5.74, 6) is 0.497. The van der Waals surface area contributed by atoms with Gasteiger partial charge in [-0.05, 0) is 22.6 Å². The van der Waals surface area contributed by atoms with Crippen LogP contribution in [0.15, 0.2) is 16.9 Å². The van der Waals surface area contributed by atoms with E-state index < -0.39 is 0 Å². The number of hydrogen-bond acceptors (Lipinski definition) is 2. The van der Waals surface area contributed by atoms with Gasteiger partial charge in [0.05, 0.1) is 7.11 Å². The zero-order chi connectivity index (χ0) is 7.56. The lowest BCUT2D eigenvalue weighted by Gasteiger charge is -1.97. The highest BCUT2D eigenvalue weighted by Crippen LogP contribution is 2.07. The SMILES string of the molecule is COc1cc(I)cc(=O)[nH]1. The molecular formula is C6H6INO2. The molecule has 3 nitrogen and oxygen atoms in total. The van der Waals surface area contributed by atoms with Crippen LogP contribution in [0.5, 0.6) is 5.88 Å². The van der Waals surface area contributed by atoms with E-state index in [1.165, 1.54) is 13.2 Å². The molecular weight excluding hydrogens is 245 g/mol. The summed E-state index contributed by atoms with van der Waals surface area (Å²) in [6.07, 6.45) is 0. The minimum absolute atomic E-state index is 0.135. The molecule has 0 aliphatic rings. The Morgan fingerprint density at radius 2 is 2.30 bits per heavy atom. The predicted molar refractivity (Wildman–Crippen MR) is 46.3 cm³/mol. The smallest absolute Gasteiger partial charge is 0.251 e. The number of ether oxygens (including phenoxy) is 1. The fraction of sp³-hybridized carbons (Fsp3) is 0.167. The molecule has 1 heterocycles. The lowest BCUT2D eigenvalue weighted by molar-refractivity contribution is 0.396. The topological polar surface area (TPSA) is 42.1 Å². The lowest BCUT2D eigenvalue weighted by Crippen LogP contribution is -2.05. The Morgan fingerprint density at radius 3 is 2.80 bits per heavy atom. The van der Waals surface area contributed by atoms with Crippen LogP contribution in [0.2, 0.25) is 0 Å². The maximum absolute atomic E-state index is 10.7. The van der Waals surface area contributed by atoms with Gasteiger partial charge in [-0.1, -0.05) is 0 Å². The summed E-state index contributed by atoms with van der Waals surface area (Å²) >= 11 is 2.05. The van der Waals surface area contributed by atoms with Crippen LogP contribution in [0.3, 0.4) is 0 Å². The average molecular weight is 251 g/mol. The Labute approximate surface area is 71.6 Å². The molecule has 1 aromatic heterocycles. The second-order valence-electron chi connectivity index (χ2n) is 1.73. The number of hydrogen-bond donors (Lipinski definition) is 1. The normalized spacial score (nSPS) is 9.40. The first kappa shape index (κ1) is 7.59. The molecule has 0 atom stereocenters. The standard InChI is InChI=1S/C6H6INO2/c1-10-6-3-4(7)2-5(9)8-6/h2-3H,1H3,(H,8,9). The second-order valence-corrected chi connectivity index (χ2v) is 2.98. The molecule has 1 rings (SSSR count). The molecule has 0 aliphatic heterocycles. The van der Waals surface area contributed by atoms with Gasteiger partial charge in [0.25, 0.3) is 5.56 Å². The Bertz CT molecular complexity index is 281. The zero-order valence-corrected chi connectivity index (χ0v) is 7.51. The molecule has 54 valence electrons. The van der Waals surface area contributed by atoms with Gasteiger partial charge in [0.1, 0.15) is 0 Å². The summed E-state index contributed by atoms with van der Waals surface area (Å²) in [5.41, 5.74) is -0.135. The van der Waals surface area contributed by atoms with Crippen molar-refractivity contribution in [3.8, 4) is 5.88 Å². The van der Waals surface area contributed by atoms with Gasteiger partial charge >= 0.3 is 0 Å². The largest absolute Gasteiger partial charge is 0.482 e. The highest BCUT2D eigenvalue weighted by Gasteiger charge is 1.93. The van der Waals surface area contributed by atoms with Crippen molar-refractivity contribution in [1.29, 1.82) is 0 Å². The van der Waals surface area contributed by atoms with Gasteiger partial charge in [0, 0.05) is 15.7 Å². The van der Waals surface area contributed by atoms with Crippen molar-refractivity contribution in [3.05, 3.63) is 26.1 Å². The van der Waals surface area contributed by atoms with Crippen molar-refractivity contribution in [2.75, 3.05) is 7.11 Å². The van der Waals surface area contributed by atoms with E-state index in [0.717, 1.165) is 3.57 Å². The van der Waals surface area contributed by atoms with Crippen molar-refractivity contribution in [2.45, 2.75) is 0 Å². The quantitative estimate of drug-likeness (QED) is 0.756. The van der Waals surface area contributed by atoms with E-state index >= 15 is 0 Å². The number of methoxy groups -OCH3 is 1. The first-order chi connectivity index (χ1) is 4.72. The molecule has 0 radical (unpaired) electrons. The molecule has 0 saturated carbocycles. The van der Waals surface area contributed by atoms with E-state index in [-0.39, 0.29) is 5.56 Å². The molecule has 4 heteroatoms. The van der Waals surface area contributed by atoms with E-state index in [2.05, 4.69) is 27.6 Å². The lowest BCUT2D eigenvalue weighted by atomic mass is 10.5. The van der Waals surface area contributed by atoms with Gasteiger partial charge < -0.3 is 4.74 Å². The van der Waals surface area contributed by atoms with Crippen LogP contribution in [0, 0.1) is 3.57 Å². The van der Waals surface area contributed by atoms with Crippen LogP contribution in [0.1, 0.15) is 0 Å². The highest BCUT2D eigenvalue weighted by atomic mass is 127. The van der Waals surface area contributed by atoms with Gasteiger partial charge in [0.2, 0.25) is 0 Å². The minimum Gasteiger partial charge on any atom is -0.482 e. The van der Waals surface area contributed by atoms with E-state index in [0.29, 0.717) is 5.88 Å². The molecule has 1 aromatic rings. The molecule has 0 saturated heterocycles. The summed E-state index contributed by atoms with van der Waals surface area (Å²) < 4.78 is 5.69. The average Bonchev–Trinajstić information content (AvgIpc) is 1.85. The van der Waals surface area contributed by atoms with Crippen LogP contribution in [0.4, 0.5) is 0 Å². The van der Waals surface area contributed by atoms with E-state index in [1.807, 2.05) is 0 Å². The van der Waals surface area contributed by atoms with E-state index in [4.69, 9.17) is 4.74 Å². The van der Waals surface area contributed by atoms with Crippen molar-refractivity contribution < 1.29 is 4.74 Å². The third kappa shape index (κ3) is 1.73. The molecule has 0 bridgehead atoms. The third-order valence-corrected chi connectivity index (χ3v) is 1.63. The first-order valence-corrected chi connectivity index (χ1v) is 3.74. The Balaban J connectivity index is 3.19. The van der Waals surface area contributed by atoms with Crippen LogP contribution in [-0.2, 0) is 0 Å². The molecule has 0 unspecified atom stereocenters. The fourth-order valence-electron chi connectivity index (χ4n) is 0.596. The minimum atomic E-state index is -0.135. The van der Waals surface area contributed by atoms with Crippen LogP contribution in [0.25, 0.3) is 0 Å². The molecule has 0 aliphatic carbocycles. The van der Waals surface area contributed by atoms with Gasteiger partial charge in [-0.3, -0.25) is 9.78 Å². The first-order valence-electron chi connectivity index (χ1n) is 2.66. The maximum atomic E-state index is 10.7. The van der Waals surface area contributed by atoms with Crippen molar-refractivity contribution in [1.82, 2.24) is 4.98 Å².